The van der Waals surface area contributed by atoms with Gasteiger partial charge in [0.1, 0.15) is 5.76 Å². The second kappa shape index (κ2) is 7.04. The average molecular weight is 319 g/mol. The number of carbonyl (C=O) groups excluding carboxylic acids is 1. The Morgan fingerprint density at radius 2 is 1.91 bits per heavy atom. The van der Waals surface area contributed by atoms with Crippen molar-refractivity contribution in [2.24, 2.45) is 5.92 Å². The highest BCUT2D eigenvalue weighted by atomic mass is 16.5. The third-order valence-electron chi connectivity index (χ3n) is 5.77. The molecule has 5 heteroatoms. The molecule has 0 bridgehead atoms. The van der Waals surface area contributed by atoms with Gasteiger partial charge >= 0.3 is 0 Å². The lowest BCUT2D eigenvalue weighted by molar-refractivity contribution is -0.132. The van der Waals surface area contributed by atoms with Gasteiger partial charge in [-0.15, -0.1) is 0 Å². The van der Waals surface area contributed by atoms with Gasteiger partial charge in [0.2, 0.25) is 5.91 Å². The van der Waals surface area contributed by atoms with Crippen molar-refractivity contribution >= 4 is 5.91 Å². The molecule has 0 aromatic carbocycles. The standard InChI is InChI=1S/C18H29N3O2/c1-13-16(14(2)23-19-13)12-18(22)21-10-7-15(8-11-21)17-6-4-5-9-20(17)3/h15,17H,4-12H2,1-3H3/t17-/m0/s1. The SMILES string of the molecule is Cc1noc(C)c1CC(=O)N1CCC([C@@H]2CCCCN2C)CC1. The van der Waals surface area contributed by atoms with Gasteiger partial charge in [-0.1, -0.05) is 11.6 Å². The highest BCUT2D eigenvalue weighted by Crippen LogP contribution is 2.29. The van der Waals surface area contributed by atoms with Crippen molar-refractivity contribution in [3.05, 3.63) is 17.0 Å². The fraction of sp³-hybridized carbons (Fsp3) is 0.778. The van der Waals surface area contributed by atoms with E-state index in [4.69, 9.17) is 4.52 Å². The lowest BCUT2D eigenvalue weighted by Crippen LogP contribution is -2.47. The van der Waals surface area contributed by atoms with Crippen molar-refractivity contribution in [3.63, 3.8) is 0 Å². The molecule has 1 aromatic rings. The molecule has 0 aliphatic carbocycles. The predicted molar refractivity (Wildman–Crippen MR) is 89.3 cm³/mol. The van der Waals surface area contributed by atoms with Crippen molar-refractivity contribution < 1.29 is 9.32 Å². The van der Waals surface area contributed by atoms with Crippen molar-refractivity contribution in [2.45, 2.75) is 58.4 Å². The van der Waals surface area contributed by atoms with Gasteiger partial charge in [-0.3, -0.25) is 4.79 Å². The van der Waals surface area contributed by atoms with Crippen LogP contribution in [-0.4, -0.2) is 53.6 Å². The molecule has 0 N–H and O–H groups in total. The number of likely N-dealkylation sites (tertiary alicyclic amines) is 2. The zero-order chi connectivity index (χ0) is 16.4. The van der Waals surface area contributed by atoms with E-state index in [0.717, 1.165) is 54.9 Å². The summed E-state index contributed by atoms with van der Waals surface area (Å²) in [7, 11) is 2.26. The van der Waals surface area contributed by atoms with Gasteiger partial charge in [0.15, 0.2) is 0 Å². The van der Waals surface area contributed by atoms with Gasteiger partial charge in [0.25, 0.3) is 0 Å². The summed E-state index contributed by atoms with van der Waals surface area (Å²) in [5.74, 6) is 1.74. The van der Waals surface area contributed by atoms with Crippen molar-refractivity contribution in [1.29, 1.82) is 0 Å². The number of carbonyl (C=O) groups is 1. The maximum atomic E-state index is 12.6. The van der Waals surface area contributed by atoms with E-state index >= 15 is 0 Å². The Balaban J connectivity index is 1.53. The normalized spacial score (nSPS) is 24.1. The summed E-state index contributed by atoms with van der Waals surface area (Å²) in [4.78, 5) is 17.1. The molecule has 0 spiro atoms. The highest BCUT2D eigenvalue weighted by Gasteiger charge is 2.32. The van der Waals surface area contributed by atoms with E-state index in [1.54, 1.807) is 0 Å². The molecular weight excluding hydrogens is 290 g/mol. The predicted octanol–water partition coefficient (Wildman–Crippen LogP) is 2.56. The first-order chi connectivity index (χ1) is 11.1. The number of hydrogen-bond acceptors (Lipinski definition) is 4. The number of nitrogens with zero attached hydrogens (tertiary/aromatic N) is 3. The van der Waals surface area contributed by atoms with E-state index in [1.807, 2.05) is 18.7 Å². The highest BCUT2D eigenvalue weighted by molar-refractivity contribution is 5.79. The third kappa shape index (κ3) is 3.60. The van der Waals surface area contributed by atoms with Crippen molar-refractivity contribution in [2.75, 3.05) is 26.7 Å². The van der Waals surface area contributed by atoms with Crippen LogP contribution in [0.3, 0.4) is 0 Å². The molecular formula is C18H29N3O2. The number of hydrogen-bond donors (Lipinski definition) is 0. The van der Waals surface area contributed by atoms with Crippen LogP contribution in [-0.2, 0) is 11.2 Å². The molecule has 0 radical (unpaired) electrons. The third-order valence-corrected chi connectivity index (χ3v) is 5.77. The number of aromatic nitrogens is 1. The smallest absolute Gasteiger partial charge is 0.227 e. The molecule has 1 amide bonds. The maximum Gasteiger partial charge on any atom is 0.227 e. The molecule has 0 unspecified atom stereocenters. The zero-order valence-corrected chi connectivity index (χ0v) is 14.7. The molecule has 3 heterocycles. The first kappa shape index (κ1) is 16.5. The van der Waals surface area contributed by atoms with E-state index in [0.29, 0.717) is 6.42 Å². The van der Waals surface area contributed by atoms with Gasteiger partial charge in [0, 0.05) is 24.7 Å². The van der Waals surface area contributed by atoms with E-state index in [-0.39, 0.29) is 5.91 Å². The van der Waals surface area contributed by atoms with Crippen LogP contribution in [0.25, 0.3) is 0 Å². The van der Waals surface area contributed by atoms with Crippen LogP contribution in [0.2, 0.25) is 0 Å². The summed E-state index contributed by atoms with van der Waals surface area (Å²) in [5, 5.41) is 3.94. The van der Waals surface area contributed by atoms with Gasteiger partial charge in [-0.25, -0.2) is 0 Å². The summed E-state index contributed by atoms with van der Waals surface area (Å²) < 4.78 is 5.17. The Morgan fingerprint density at radius 3 is 2.52 bits per heavy atom. The lowest BCUT2D eigenvalue weighted by Gasteiger charge is -2.42. The molecule has 23 heavy (non-hydrogen) atoms. The molecule has 128 valence electrons. The van der Waals surface area contributed by atoms with E-state index in [1.165, 1.54) is 25.8 Å². The minimum Gasteiger partial charge on any atom is -0.361 e. The minimum absolute atomic E-state index is 0.217. The topological polar surface area (TPSA) is 49.6 Å². The number of rotatable bonds is 3. The number of piperidine rings is 2. The van der Waals surface area contributed by atoms with Gasteiger partial charge in [-0.2, -0.15) is 0 Å². The lowest BCUT2D eigenvalue weighted by atomic mass is 9.84. The molecule has 2 aliphatic rings. The molecule has 2 fully saturated rings. The number of amides is 1. The van der Waals surface area contributed by atoms with Gasteiger partial charge in [-0.05, 0) is 59.0 Å². The molecule has 1 atom stereocenters. The Labute approximate surface area is 139 Å². The second-order valence-corrected chi connectivity index (χ2v) is 7.24. The molecule has 0 saturated carbocycles. The Kier molecular flexibility index (Phi) is 5.05. The summed E-state index contributed by atoms with van der Waals surface area (Å²) in [6.45, 7) is 6.82. The largest absolute Gasteiger partial charge is 0.361 e. The van der Waals surface area contributed by atoms with Crippen molar-refractivity contribution in [3.8, 4) is 0 Å². The summed E-state index contributed by atoms with van der Waals surface area (Å²) in [5.41, 5.74) is 1.80. The molecule has 3 rings (SSSR count). The van der Waals surface area contributed by atoms with E-state index < -0.39 is 0 Å². The monoisotopic (exact) mass is 319 g/mol. The van der Waals surface area contributed by atoms with Crippen molar-refractivity contribution in [1.82, 2.24) is 15.0 Å². The van der Waals surface area contributed by atoms with Crippen LogP contribution < -0.4 is 0 Å². The Morgan fingerprint density at radius 1 is 1.17 bits per heavy atom. The average Bonchev–Trinajstić information content (AvgIpc) is 2.87. The fourth-order valence-electron chi connectivity index (χ4n) is 4.25. The van der Waals surface area contributed by atoms with Crippen LogP contribution in [0.1, 0.15) is 49.1 Å². The van der Waals surface area contributed by atoms with Crippen LogP contribution in [0.4, 0.5) is 0 Å². The molecule has 2 saturated heterocycles. The Hall–Kier alpha value is -1.36. The summed E-state index contributed by atoms with van der Waals surface area (Å²) in [6.07, 6.45) is 6.73. The van der Waals surface area contributed by atoms with Crippen LogP contribution in [0.15, 0.2) is 4.52 Å². The van der Waals surface area contributed by atoms with Crippen LogP contribution >= 0.6 is 0 Å². The molecule has 2 aliphatic heterocycles. The first-order valence-electron chi connectivity index (χ1n) is 8.96. The summed E-state index contributed by atoms with van der Waals surface area (Å²) in [6, 6.07) is 0.726. The quantitative estimate of drug-likeness (QED) is 0.859. The maximum absolute atomic E-state index is 12.6. The molecule has 5 nitrogen and oxygen atoms in total. The van der Waals surface area contributed by atoms with Crippen LogP contribution in [0, 0.1) is 19.8 Å². The molecule has 1 aromatic heterocycles. The fourth-order valence-corrected chi connectivity index (χ4v) is 4.25. The zero-order valence-electron chi connectivity index (χ0n) is 14.7. The summed E-state index contributed by atoms with van der Waals surface area (Å²) >= 11 is 0. The first-order valence-corrected chi connectivity index (χ1v) is 8.96. The van der Waals surface area contributed by atoms with E-state index in [2.05, 4.69) is 17.1 Å². The second-order valence-electron chi connectivity index (χ2n) is 7.24. The van der Waals surface area contributed by atoms with Gasteiger partial charge in [0.05, 0.1) is 12.1 Å². The van der Waals surface area contributed by atoms with E-state index in [9.17, 15) is 4.79 Å². The number of aryl methyl sites for hydroxylation is 2. The minimum atomic E-state index is 0.217. The van der Waals surface area contributed by atoms with Crippen LogP contribution in [0.5, 0.6) is 0 Å². The van der Waals surface area contributed by atoms with Gasteiger partial charge < -0.3 is 14.3 Å². The Bertz CT molecular complexity index is 527.